The SMILES string of the molecule is O=COc1cccc(-c2cccc(C(=O)O)c2)c1.O=COc1ccccc1-c1ccccc1C(=O)O. The maximum Gasteiger partial charge on any atom is 0.336 e. The zero-order valence-electron chi connectivity index (χ0n) is 18.7. The number of hydrogen-bond acceptors (Lipinski definition) is 6. The van der Waals surface area contributed by atoms with Crippen LogP contribution in [0.2, 0.25) is 0 Å². The molecule has 2 N–H and O–H groups in total. The van der Waals surface area contributed by atoms with E-state index < -0.39 is 11.9 Å². The summed E-state index contributed by atoms with van der Waals surface area (Å²) in [5.41, 5.74) is 3.02. The van der Waals surface area contributed by atoms with Crippen LogP contribution in [0.15, 0.2) is 97.1 Å². The smallest absolute Gasteiger partial charge is 0.336 e. The molecule has 0 aliphatic heterocycles. The fraction of sp³-hybridized carbons (Fsp3) is 0. The highest BCUT2D eigenvalue weighted by Crippen LogP contribution is 2.32. The molecule has 0 amide bonds. The maximum absolute atomic E-state index is 11.2. The first-order valence-electron chi connectivity index (χ1n) is 10.5. The fourth-order valence-corrected chi connectivity index (χ4v) is 3.38. The molecule has 0 aromatic heterocycles. The molecular formula is C28H20O8. The second kappa shape index (κ2) is 12.3. The normalized spacial score (nSPS) is 9.78. The summed E-state index contributed by atoms with van der Waals surface area (Å²) < 4.78 is 9.60. The average Bonchev–Trinajstić information content (AvgIpc) is 2.90. The Morgan fingerprint density at radius 1 is 0.611 bits per heavy atom. The van der Waals surface area contributed by atoms with E-state index in [4.69, 9.17) is 19.7 Å². The molecule has 0 aliphatic rings. The molecule has 8 heteroatoms. The molecule has 0 radical (unpaired) electrons. The number of carboxylic acid groups (broad SMARTS) is 2. The number of ether oxygens (including phenoxy) is 2. The molecule has 36 heavy (non-hydrogen) atoms. The Labute approximate surface area is 206 Å². The third-order valence-electron chi connectivity index (χ3n) is 4.97. The van der Waals surface area contributed by atoms with Crippen molar-refractivity contribution in [3.63, 3.8) is 0 Å². The topological polar surface area (TPSA) is 127 Å². The second-order valence-corrected chi connectivity index (χ2v) is 7.19. The van der Waals surface area contributed by atoms with Gasteiger partial charge in [0.2, 0.25) is 0 Å². The molecule has 0 spiro atoms. The minimum atomic E-state index is -1.02. The van der Waals surface area contributed by atoms with Crippen molar-refractivity contribution >= 4 is 24.9 Å². The molecule has 0 aliphatic carbocycles. The lowest BCUT2D eigenvalue weighted by atomic mass is 9.99. The fourth-order valence-electron chi connectivity index (χ4n) is 3.38. The predicted molar refractivity (Wildman–Crippen MR) is 131 cm³/mol. The molecule has 0 unspecified atom stereocenters. The van der Waals surface area contributed by atoms with E-state index in [2.05, 4.69) is 0 Å². The Kier molecular flexibility index (Phi) is 8.66. The third kappa shape index (κ3) is 6.42. The number of rotatable bonds is 8. The largest absolute Gasteiger partial charge is 0.478 e. The molecule has 4 rings (SSSR count). The van der Waals surface area contributed by atoms with Crippen molar-refractivity contribution in [2.24, 2.45) is 0 Å². The van der Waals surface area contributed by atoms with Crippen molar-refractivity contribution in [3.8, 4) is 33.8 Å². The van der Waals surface area contributed by atoms with Crippen LogP contribution in [0.5, 0.6) is 11.5 Å². The van der Waals surface area contributed by atoms with Gasteiger partial charge in [0.15, 0.2) is 0 Å². The number of para-hydroxylation sites is 1. The van der Waals surface area contributed by atoms with Crippen molar-refractivity contribution < 1.29 is 38.9 Å². The lowest BCUT2D eigenvalue weighted by molar-refractivity contribution is -0.121. The maximum atomic E-state index is 11.2. The highest BCUT2D eigenvalue weighted by Gasteiger charge is 2.14. The first-order valence-corrected chi connectivity index (χ1v) is 10.5. The van der Waals surface area contributed by atoms with E-state index in [1.54, 1.807) is 78.9 Å². The highest BCUT2D eigenvalue weighted by atomic mass is 16.5. The van der Waals surface area contributed by atoms with E-state index in [1.165, 1.54) is 12.1 Å². The molecule has 8 nitrogen and oxygen atoms in total. The minimum Gasteiger partial charge on any atom is -0.478 e. The van der Waals surface area contributed by atoms with Crippen LogP contribution in [0.25, 0.3) is 22.3 Å². The summed E-state index contributed by atoms with van der Waals surface area (Å²) in [6.45, 7) is 0.676. The average molecular weight is 484 g/mol. The molecule has 4 aromatic carbocycles. The van der Waals surface area contributed by atoms with Gasteiger partial charge in [-0.05, 0) is 53.1 Å². The zero-order chi connectivity index (χ0) is 25.9. The number of carbonyl (C=O) groups is 4. The summed E-state index contributed by atoms with van der Waals surface area (Å²) in [6, 6.07) is 26.8. The number of aromatic carboxylic acids is 2. The van der Waals surface area contributed by atoms with Gasteiger partial charge < -0.3 is 19.7 Å². The first kappa shape index (κ1) is 25.4. The van der Waals surface area contributed by atoms with Gasteiger partial charge in [-0.25, -0.2) is 9.59 Å². The molecule has 0 saturated carbocycles. The van der Waals surface area contributed by atoms with Crippen molar-refractivity contribution in [1.82, 2.24) is 0 Å². The Balaban J connectivity index is 0.000000201. The summed E-state index contributed by atoms with van der Waals surface area (Å²) >= 11 is 0. The standard InChI is InChI=1S/2C14H10O4/c15-9-18-13-6-2-4-11(8-13)10-3-1-5-12(7-10)14(16)17;15-9-18-13-8-4-3-6-11(13)10-5-1-2-7-12(10)14(16)17/h2*1-9H,(H,16,17). The summed E-state index contributed by atoms with van der Waals surface area (Å²) in [7, 11) is 0. The first-order chi connectivity index (χ1) is 17.4. The molecule has 0 saturated heterocycles. The Bertz CT molecular complexity index is 1390. The molecular weight excluding hydrogens is 464 g/mol. The molecule has 4 aromatic rings. The van der Waals surface area contributed by atoms with Crippen LogP contribution < -0.4 is 9.47 Å². The summed E-state index contributed by atoms with van der Waals surface area (Å²) in [5, 5.41) is 18.1. The monoisotopic (exact) mass is 484 g/mol. The lowest BCUT2D eigenvalue weighted by Gasteiger charge is -2.09. The Morgan fingerprint density at radius 2 is 1.22 bits per heavy atom. The van der Waals surface area contributed by atoms with Gasteiger partial charge in [0.05, 0.1) is 11.1 Å². The third-order valence-corrected chi connectivity index (χ3v) is 4.97. The summed E-state index contributed by atoms with van der Waals surface area (Å²) in [6.07, 6.45) is 0. The quantitative estimate of drug-likeness (QED) is 0.328. The lowest BCUT2D eigenvalue weighted by Crippen LogP contribution is -2.00. The van der Waals surface area contributed by atoms with Gasteiger partial charge in [-0.15, -0.1) is 0 Å². The van der Waals surface area contributed by atoms with Gasteiger partial charge in [-0.3, -0.25) is 9.59 Å². The Hall–Kier alpha value is -5.24. The van der Waals surface area contributed by atoms with E-state index in [-0.39, 0.29) is 11.1 Å². The predicted octanol–water partition coefficient (Wildman–Crippen LogP) is 5.17. The van der Waals surface area contributed by atoms with Crippen LogP contribution in [-0.2, 0) is 9.59 Å². The van der Waals surface area contributed by atoms with Gasteiger partial charge in [0, 0.05) is 5.56 Å². The molecule has 0 fully saturated rings. The van der Waals surface area contributed by atoms with Crippen molar-refractivity contribution in [2.45, 2.75) is 0 Å². The van der Waals surface area contributed by atoms with Crippen molar-refractivity contribution in [1.29, 1.82) is 0 Å². The van der Waals surface area contributed by atoms with E-state index in [0.29, 0.717) is 35.6 Å². The number of hydrogen-bond donors (Lipinski definition) is 2. The van der Waals surface area contributed by atoms with E-state index >= 15 is 0 Å². The summed E-state index contributed by atoms with van der Waals surface area (Å²) in [5.74, 6) is -1.24. The highest BCUT2D eigenvalue weighted by molar-refractivity contribution is 5.97. The number of benzene rings is 4. The van der Waals surface area contributed by atoms with Crippen molar-refractivity contribution in [3.05, 3.63) is 108 Å². The van der Waals surface area contributed by atoms with Gasteiger partial charge in [0.1, 0.15) is 11.5 Å². The van der Waals surface area contributed by atoms with Gasteiger partial charge in [-0.2, -0.15) is 0 Å². The van der Waals surface area contributed by atoms with Crippen LogP contribution in [0, 0.1) is 0 Å². The van der Waals surface area contributed by atoms with Crippen LogP contribution in [0.4, 0.5) is 0 Å². The van der Waals surface area contributed by atoms with Crippen molar-refractivity contribution in [2.75, 3.05) is 0 Å². The summed E-state index contributed by atoms with van der Waals surface area (Å²) in [4.78, 5) is 42.7. The number of carboxylic acids is 2. The molecule has 0 atom stereocenters. The zero-order valence-corrected chi connectivity index (χ0v) is 18.7. The van der Waals surface area contributed by atoms with Gasteiger partial charge in [-0.1, -0.05) is 60.7 Å². The van der Waals surface area contributed by atoms with Gasteiger partial charge >= 0.3 is 11.9 Å². The van der Waals surface area contributed by atoms with Crippen LogP contribution in [-0.4, -0.2) is 35.1 Å². The second-order valence-electron chi connectivity index (χ2n) is 7.19. The molecule has 180 valence electrons. The van der Waals surface area contributed by atoms with E-state index in [1.807, 2.05) is 6.07 Å². The minimum absolute atomic E-state index is 0.166. The van der Waals surface area contributed by atoms with Gasteiger partial charge in [0.25, 0.3) is 12.9 Å². The molecule has 0 heterocycles. The van der Waals surface area contributed by atoms with Crippen LogP contribution >= 0.6 is 0 Å². The van der Waals surface area contributed by atoms with E-state index in [0.717, 1.165) is 11.1 Å². The van der Waals surface area contributed by atoms with E-state index in [9.17, 15) is 19.2 Å². The van der Waals surface area contributed by atoms with Crippen LogP contribution in [0.3, 0.4) is 0 Å². The number of carbonyl (C=O) groups excluding carboxylic acids is 2. The molecule has 0 bridgehead atoms. The Morgan fingerprint density at radius 3 is 1.89 bits per heavy atom. The van der Waals surface area contributed by atoms with Crippen LogP contribution in [0.1, 0.15) is 20.7 Å².